The molecule has 43 heavy (non-hydrogen) atoms. The molecule has 5 rings (SSSR count). The van der Waals surface area contributed by atoms with E-state index >= 15 is 0 Å². The molecule has 1 heterocycles. The highest BCUT2D eigenvalue weighted by Crippen LogP contribution is 2.35. The number of carbonyl (C=O) groups excluding carboxylic acids is 4. The zero-order valence-corrected chi connectivity index (χ0v) is 24.4. The Morgan fingerprint density at radius 1 is 0.930 bits per heavy atom. The summed E-state index contributed by atoms with van der Waals surface area (Å²) in [6.45, 7) is 1.58. The number of methoxy groups -OCH3 is 1. The van der Waals surface area contributed by atoms with Gasteiger partial charge in [0.25, 0.3) is 5.91 Å². The highest BCUT2D eigenvalue weighted by atomic mass is 16.5. The molecule has 3 aromatic rings. The largest absolute Gasteiger partial charge is 0.467 e. The molecule has 9 nitrogen and oxygen atoms in total. The van der Waals surface area contributed by atoms with Gasteiger partial charge in [0.1, 0.15) is 6.04 Å². The number of para-hydroxylation sites is 1. The van der Waals surface area contributed by atoms with Crippen molar-refractivity contribution < 1.29 is 23.9 Å². The van der Waals surface area contributed by atoms with E-state index in [9.17, 15) is 19.2 Å². The molecule has 0 spiro atoms. The van der Waals surface area contributed by atoms with Gasteiger partial charge in [0.2, 0.25) is 18.0 Å². The summed E-state index contributed by atoms with van der Waals surface area (Å²) in [5, 5.41) is 5.53. The van der Waals surface area contributed by atoms with Gasteiger partial charge in [-0.15, -0.1) is 0 Å². The van der Waals surface area contributed by atoms with Crippen LogP contribution >= 0.6 is 0 Å². The van der Waals surface area contributed by atoms with Crippen LogP contribution in [0.15, 0.2) is 89.9 Å². The lowest BCUT2D eigenvalue weighted by atomic mass is 9.98. The van der Waals surface area contributed by atoms with Crippen LogP contribution in [0.4, 0.5) is 5.69 Å². The number of anilines is 1. The van der Waals surface area contributed by atoms with Gasteiger partial charge in [-0.1, -0.05) is 91.7 Å². The number of aliphatic imine (C=N–C) groups is 1. The molecule has 1 aliphatic carbocycles. The van der Waals surface area contributed by atoms with Crippen LogP contribution in [-0.4, -0.2) is 48.7 Å². The number of hydrogen-bond donors (Lipinski definition) is 2. The Bertz CT molecular complexity index is 1500. The first kappa shape index (κ1) is 29.7. The second-order valence-electron chi connectivity index (χ2n) is 11.0. The summed E-state index contributed by atoms with van der Waals surface area (Å²) in [5.74, 6) is -1.68. The fourth-order valence-corrected chi connectivity index (χ4v) is 5.81. The fourth-order valence-electron chi connectivity index (χ4n) is 5.81. The van der Waals surface area contributed by atoms with E-state index in [1.165, 1.54) is 12.0 Å². The standard InChI is InChI=1S/C34H36N4O5/c1-22(35-28(39)21-23-13-9-10-14-23)32(40)37-31-33(41)38(30(34(42)43-2)25-17-7-4-8-18-25)27-20-12-11-19-26(27)29(36-31)24-15-5-3-6-16-24/h3-8,11-12,15-20,22-23,30-31H,9-10,13-14,21H2,1-2H3,(H,35,39)(H,37,40)/t22-,30?,31?/m0/s1. The molecule has 2 N–H and O–H groups in total. The van der Waals surface area contributed by atoms with Gasteiger partial charge in [-0.2, -0.15) is 0 Å². The summed E-state index contributed by atoms with van der Waals surface area (Å²) in [4.78, 5) is 60.0. The van der Waals surface area contributed by atoms with Crippen LogP contribution in [0.1, 0.15) is 61.8 Å². The molecule has 1 saturated carbocycles. The first-order valence-corrected chi connectivity index (χ1v) is 14.7. The van der Waals surface area contributed by atoms with Crippen LogP contribution in [0.5, 0.6) is 0 Å². The van der Waals surface area contributed by atoms with E-state index in [4.69, 9.17) is 9.73 Å². The molecule has 9 heteroatoms. The van der Waals surface area contributed by atoms with E-state index in [1.807, 2.05) is 48.5 Å². The predicted octanol–water partition coefficient (Wildman–Crippen LogP) is 4.31. The number of benzene rings is 3. The number of benzodiazepines with no additional fused rings is 1. The van der Waals surface area contributed by atoms with Gasteiger partial charge in [0, 0.05) is 17.5 Å². The Labute approximate surface area is 251 Å². The minimum atomic E-state index is -1.39. The maximum Gasteiger partial charge on any atom is 0.333 e. The molecule has 2 unspecified atom stereocenters. The van der Waals surface area contributed by atoms with E-state index in [0.717, 1.165) is 31.2 Å². The van der Waals surface area contributed by atoms with E-state index in [1.54, 1.807) is 43.3 Å². The first-order chi connectivity index (χ1) is 20.9. The van der Waals surface area contributed by atoms with Crippen molar-refractivity contribution in [3.63, 3.8) is 0 Å². The molecule has 0 bridgehead atoms. The normalized spacial score (nSPS) is 18.1. The Balaban J connectivity index is 1.53. The first-order valence-electron chi connectivity index (χ1n) is 14.7. The third kappa shape index (κ3) is 6.66. The fraction of sp³-hybridized carbons (Fsp3) is 0.324. The molecule has 2 aliphatic rings. The van der Waals surface area contributed by atoms with Crippen LogP contribution < -0.4 is 15.5 Å². The van der Waals surface area contributed by atoms with Crippen LogP contribution in [0.25, 0.3) is 0 Å². The number of amides is 3. The molecule has 222 valence electrons. The van der Waals surface area contributed by atoms with E-state index in [-0.39, 0.29) is 5.91 Å². The van der Waals surface area contributed by atoms with Crippen molar-refractivity contribution in [1.29, 1.82) is 0 Å². The topological polar surface area (TPSA) is 117 Å². The lowest BCUT2D eigenvalue weighted by Gasteiger charge is -2.32. The lowest BCUT2D eigenvalue weighted by Crippen LogP contribution is -2.54. The Morgan fingerprint density at radius 3 is 2.23 bits per heavy atom. The number of nitrogens with one attached hydrogen (secondary N) is 2. The number of fused-ring (bicyclic) bond motifs is 1. The minimum Gasteiger partial charge on any atom is -0.467 e. The van der Waals surface area contributed by atoms with Crippen LogP contribution in [0, 0.1) is 5.92 Å². The van der Waals surface area contributed by atoms with E-state index < -0.39 is 36.0 Å². The summed E-state index contributed by atoms with van der Waals surface area (Å²) in [6.07, 6.45) is 3.25. The van der Waals surface area contributed by atoms with Crippen molar-refractivity contribution in [3.05, 3.63) is 102 Å². The van der Waals surface area contributed by atoms with Gasteiger partial charge in [0.15, 0.2) is 6.04 Å². The van der Waals surface area contributed by atoms with Crippen molar-refractivity contribution in [2.24, 2.45) is 10.9 Å². The molecule has 0 radical (unpaired) electrons. The monoisotopic (exact) mass is 580 g/mol. The number of hydrogen-bond acceptors (Lipinski definition) is 6. The number of rotatable bonds is 9. The molecular formula is C34H36N4O5. The predicted molar refractivity (Wildman–Crippen MR) is 163 cm³/mol. The van der Waals surface area contributed by atoms with Crippen molar-refractivity contribution in [1.82, 2.24) is 10.6 Å². The molecule has 1 aliphatic heterocycles. The van der Waals surface area contributed by atoms with Gasteiger partial charge in [-0.05, 0) is 37.3 Å². The van der Waals surface area contributed by atoms with E-state index in [2.05, 4.69) is 10.6 Å². The number of carbonyl (C=O) groups is 4. The van der Waals surface area contributed by atoms with Crippen molar-refractivity contribution in [2.45, 2.75) is 57.3 Å². The van der Waals surface area contributed by atoms with Crippen LogP contribution in [0.3, 0.4) is 0 Å². The Hall–Kier alpha value is -4.79. The second-order valence-corrected chi connectivity index (χ2v) is 11.0. The van der Waals surface area contributed by atoms with Gasteiger partial charge in [-0.25, -0.2) is 9.79 Å². The van der Waals surface area contributed by atoms with Crippen LogP contribution in [0.2, 0.25) is 0 Å². The van der Waals surface area contributed by atoms with Gasteiger partial charge in [-0.3, -0.25) is 19.3 Å². The summed E-state index contributed by atoms with van der Waals surface area (Å²) in [7, 11) is 1.27. The lowest BCUT2D eigenvalue weighted by molar-refractivity contribution is -0.144. The summed E-state index contributed by atoms with van der Waals surface area (Å²) < 4.78 is 5.18. The number of ether oxygens (including phenoxy) is 1. The minimum absolute atomic E-state index is 0.195. The van der Waals surface area contributed by atoms with Gasteiger partial charge >= 0.3 is 5.97 Å². The summed E-state index contributed by atoms with van der Waals surface area (Å²) >= 11 is 0. The molecule has 0 aromatic heterocycles. The third-order valence-electron chi connectivity index (χ3n) is 7.99. The number of nitrogens with zero attached hydrogens (tertiary/aromatic N) is 2. The number of esters is 1. The maximum atomic E-state index is 14.4. The van der Waals surface area contributed by atoms with Gasteiger partial charge in [0.05, 0.1) is 18.5 Å². The zero-order valence-electron chi connectivity index (χ0n) is 24.4. The average Bonchev–Trinajstić information content (AvgIpc) is 3.51. The smallest absolute Gasteiger partial charge is 0.333 e. The average molecular weight is 581 g/mol. The Kier molecular flexibility index (Phi) is 9.29. The maximum absolute atomic E-state index is 14.4. The quantitative estimate of drug-likeness (QED) is 0.366. The highest BCUT2D eigenvalue weighted by Gasteiger charge is 2.41. The summed E-state index contributed by atoms with van der Waals surface area (Å²) in [5.41, 5.74) is 2.81. The third-order valence-corrected chi connectivity index (χ3v) is 7.99. The highest BCUT2D eigenvalue weighted by molar-refractivity contribution is 6.21. The van der Waals surface area contributed by atoms with E-state index in [0.29, 0.717) is 34.9 Å². The molecule has 1 fully saturated rings. The molecular weight excluding hydrogens is 544 g/mol. The molecule has 3 atom stereocenters. The van der Waals surface area contributed by atoms with Crippen LogP contribution in [-0.2, 0) is 23.9 Å². The Morgan fingerprint density at radius 2 is 1.56 bits per heavy atom. The second kappa shape index (κ2) is 13.5. The van der Waals surface area contributed by atoms with Crippen molar-refractivity contribution in [3.8, 4) is 0 Å². The van der Waals surface area contributed by atoms with Gasteiger partial charge < -0.3 is 15.4 Å². The molecule has 3 amide bonds. The molecule has 3 aromatic carbocycles. The molecule has 0 saturated heterocycles. The van der Waals surface area contributed by atoms with Crippen molar-refractivity contribution in [2.75, 3.05) is 12.0 Å². The zero-order chi connectivity index (χ0) is 30.3. The summed E-state index contributed by atoms with van der Waals surface area (Å²) in [6, 6.07) is 23.4. The SMILES string of the molecule is COC(=O)C(c1ccccc1)N1C(=O)C(NC(=O)[C@H](C)NC(=O)CC2CCCC2)N=C(c2ccccc2)c2ccccc21. The van der Waals surface area contributed by atoms with Crippen molar-refractivity contribution >= 4 is 35.1 Å².